The van der Waals surface area contributed by atoms with E-state index < -0.39 is 30.4 Å². The van der Waals surface area contributed by atoms with Crippen LogP contribution in [0.3, 0.4) is 0 Å². The Morgan fingerprint density at radius 2 is 1.68 bits per heavy atom. The van der Waals surface area contributed by atoms with Crippen LogP contribution in [0.25, 0.3) is 11.0 Å². The maximum Gasteiger partial charge on any atom is 0.329 e. The predicted molar refractivity (Wildman–Crippen MR) is 116 cm³/mol. The molecule has 4 N–H and O–H groups in total. The number of amides is 2. The Morgan fingerprint density at radius 1 is 1.00 bits per heavy atom. The number of aromatic nitrogens is 2. The number of fused-ring (bicyclic) bond motifs is 1. The van der Waals surface area contributed by atoms with Crippen LogP contribution in [0.4, 0.5) is 5.69 Å². The molecule has 31 heavy (non-hydrogen) atoms. The van der Waals surface area contributed by atoms with Gasteiger partial charge in [0.15, 0.2) is 6.61 Å². The molecule has 0 saturated carbocycles. The van der Waals surface area contributed by atoms with E-state index in [-0.39, 0.29) is 11.6 Å². The molecule has 9 nitrogen and oxygen atoms in total. The van der Waals surface area contributed by atoms with Gasteiger partial charge in [-0.3, -0.25) is 9.59 Å². The van der Waals surface area contributed by atoms with E-state index in [9.17, 15) is 19.2 Å². The number of hydrogen-bond acceptors (Lipinski definition) is 5. The zero-order valence-corrected chi connectivity index (χ0v) is 17.4. The Morgan fingerprint density at radius 3 is 2.35 bits per heavy atom. The number of ether oxygens (including phenoxy) is 1. The molecule has 1 aromatic heterocycles. The average Bonchev–Trinajstić information content (AvgIpc) is 3.09. The number of rotatable bonds is 7. The van der Waals surface area contributed by atoms with Gasteiger partial charge in [-0.2, -0.15) is 0 Å². The Labute approximate surface area is 178 Å². The SMILES string of the molecule is Cc1ccc(C(=O)N[C@@H](C(=O)OCC(=O)Nc2ccc3[nH]c(=O)[nH]c3c2)C(C)C)cc1. The van der Waals surface area contributed by atoms with E-state index in [0.717, 1.165) is 5.56 Å². The molecule has 162 valence electrons. The lowest BCUT2D eigenvalue weighted by Crippen LogP contribution is -2.45. The summed E-state index contributed by atoms with van der Waals surface area (Å²) in [5, 5.41) is 5.26. The molecule has 0 aliphatic heterocycles. The van der Waals surface area contributed by atoms with Gasteiger partial charge < -0.3 is 25.3 Å². The number of esters is 1. The van der Waals surface area contributed by atoms with Gasteiger partial charge >= 0.3 is 11.7 Å². The fraction of sp³-hybridized carbons (Fsp3) is 0.273. The standard InChI is InChI=1S/C22H24N4O5/c1-12(2)19(26-20(28)14-6-4-13(3)5-7-14)21(29)31-11-18(27)23-15-8-9-16-17(10-15)25-22(30)24-16/h4-10,12,19H,11H2,1-3H3,(H,23,27)(H,26,28)(H2,24,25,30)/t19-/m1/s1. The Kier molecular flexibility index (Phi) is 6.54. The lowest BCUT2D eigenvalue weighted by Gasteiger charge is -2.20. The van der Waals surface area contributed by atoms with Crippen molar-refractivity contribution in [3.63, 3.8) is 0 Å². The molecule has 0 unspecified atom stereocenters. The first-order chi connectivity index (χ1) is 14.7. The van der Waals surface area contributed by atoms with Crippen LogP contribution in [0.5, 0.6) is 0 Å². The van der Waals surface area contributed by atoms with Gasteiger partial charge in [0.05, 0.1) is 11.0 Å². The fourth-order valence-electron chi connectivity index (χ4n) is 2.96. The third kappa shape index (κ3) is 5.59. The molecular formula is C22H24N4O5. The third-order valence-electron chi connectivity index (χ3n) is 4.67. The van der Waals surface area contributed by atoms with Crippen molar-refractivity contribution in [2.45, 2.75) is 26.8 Å². The summed E-state index contributed by atoms with van der Waals surface area (Å²) in [5.74, 6) is -1.87. The van der Waals surface area contributed by atoms with E-state index in [1.807, 2.05) is 19.1 Å². The van der Waals surface area contributed by atoms with Crippen molar-refractivity contribution < 1.29 is 19.1 Å². The summed E-state index contributed by atoms with van der Waals surface area (Å²) in [5.41, 5.74) is 2.69. The average molecular weight is 424 g/mol. The molecule has 2 amide bonds. The maximum atomic E-state index is 12.5. The van der Waals surface area contributed by atoms with Crippen molar-refractivity contribution in [3.05, 3.63) is 64.1 Å². The fourth-order valence-corrected chi connectivity index (χ4v) is 2.96. The summed E-state index contributed by atoms with van der Waals surface area (Å²) in [4.78, 5) is 53.6. The number of benzene rings is 2. The van der Waals surface area contributed by atoms with E-state index in [2.05, 4.69) is 20.6 Å². The lowest BCUT2D eigenvalue weighted by atomic mass is 10.0. The van der Waals surface area contributed by atoms with Crippen molar-refractivity contribution >= 4 is 34.5 Å². The van der Waals surface area contributed by atoms with Crippen molar-refractivity contribution in [1.29, 1.82) is 0 Å². The molecule has 0 radical (unpaired) electrons. The van der Waals surface area contributed by atoms with Gasteiger partial charge in [0.25, 0.3) is 11.8 Å². The van der Waals surface area contributed by atoms with E-state index in [1.165, 1.54) is 0 Å². The van der Waals surface area contributed by atoms with E-state index in [4.69, 9.17) is 4.74 Å². The Hall–Kier alpha value is -3.88. The molecule has 1 heterocycles. The molecule has 0 spiro atoms. The zero-order valence-electron chi connectivity index (χ0n) is 17.4. The molecule has 0 fully saturated rings. The number of hydrogen-bond donors (Lipinski definition) is 4. The highest BCUT2D eigenvalue weighted by Gasteiger charge is 2.26. The zero-order chi connectivity index (χ0) is 22.5. The number of anilines is 1. The number of nitrogens with one attached hydrogen (secondary N) is 4. The van der Waals surface area contributed by atoms with Crippen molar-refractivity contribution in [2.75, 3.05) is 11.9 Å². The Bertz CT molecular complexity index is 1160. The number of H-pyrrole nitrogens is 2. The summed E-state index contributed by atoms with van der Waals surface area (Å²) in [6, 6.07) is 10.9. The first-order valence-corrected chi connectivity index (χ1v) is 9.79. The van der Waals surface area contributed by atoms with Crippen LogP contribution in [0, 0.1) is 12.8 Å². The van der Waals surface area contributed by atoms with Gasteiger partial charge in [-0.1, -0.05) is 31.5 Å². The van der Waals surface area contributed by atoms with E-state index in [1.54, 1.807) is 44.2 Å². The molecule has 3 rings (SSSR count). The minimum atomic E-state index is -0.900. The lowest BCUT2D eigenvalue weighted by molar-refractivity contribution is -0.150. The number of carbonyl (C=O) groups is 3. The topological polar surface area (TPSA) is 133 Å². The van der Waals surface area contributed by atoms with Crippen LogP contribution >= 0.6 is 0 Å². The minimum Gasteiger partial charge on any atom is -0.454 e. The molecule has 2 aromatic carbocycles. The van der Waals surface area contributed by atoms with Crippen molar-refractivity contribution in [1.82, 2.24) is 15.3 Å². The molecule has 9 heteroatoms. The van der Waals surface area contributed by atoms with Gasteiger partial charge in [0.1, 0.15) is 6.04 Å². The van der Waals surface area contributed by atoms with Crippen molar-refractivity contribution in [2.24, 2.45) is 5.92 Å². The van der Waals surface area contributed by atoms with Crippen LogP contribution < -0.4 is 16.3 Å². The van der Waals surface area contributed by atoms with Gasteiger partial charge in [-0.15, -0.1) is 0 Å². The number of aryl methyl sites for hydroxylation is 1. The summed E-state index contributed by atoms with van der Waals surface area (Å²) < 4.78 is 5.12. The molecule has 3 aromatic rings. The molecule has 0 aliphatic rings. The molecule has 0 saturated heterocycles. The molecule has 0 aliphatic carbocycles. The maximum absolute atomic E-state index is 12.5. The van der Waals surface area contributed by atoms with Gasteiger partial charge in [-0.25, -0.2) is 9.59 Å². The van der Waals surface area contributed by atoms with Crippen LogP contribution in [0.1, 0.15) is 29.8 Å². The van der Waals surface area contributed by atoms with Crippen LogP contribution in [-0.4, -0.2) is 40.4 Å². The van der Waals surface area contributed by atoms with E-state index in [0.29, 0.717) is 22.3 Å². The van der Waals surface area contributed by atoms with E-state index >= 15 is 0 Å². The molecule has 0 bridgehead atoms. The van der Waals surface area contributed by atoms with Crippen LogP contribution in [0.2, 0.25) is 0 Å². The second kappa shape index (κ2) is 9.29. The highest BCUT2D eigenvalue weighted by molar-refractivity contribution is 5.98. The number of imidazole rings is 1. The largest absolute Gasteiger partial charge is 0.454 e. The quantitative estimate of drug-likeness (QED) is 0.431. The van der Waals surface area contributed by atoms with Crippen LogP contribution in [0.15, 0.2) is 47.3 Å². The summed E-state index contributed by atoms with van der Waals surface area (Å²) in [6.45, 7) is 4.95. The number of carbonyl (C=O) groups excluding carboxylic acids is 3. The highest BCUT2D eigenvalue weighted by Crippen LogP contribution is 2.14. The highest BCUT2D eigenvalue weighted by atomic mass is 16.5. The first-order valence-electron chi connectivity index (χ1n) is 9.79. The first kappa shape index (κ1) is 21.8. The monoisotopic (exact) mass is 424 g/mol. The predicted octanol–water partition coefficient (Wildman–Crippen LogP) is 2.10. The Balaban J connectivity index is 1.57. The normalized spacial score (nSPS) is 11.9. The smallest absolute Gasteiger partial charge is 0.329 e. The third-order valence-corrected chi connectivity index (χ3v) is 4.67. The van der Waals surface area contributed by atoms with Crippen molar-refractivity contribution in [3.8, 4) is 0 Å². The summed E-state index contributed by atoms with van der Waals surface area (Å²) in [6.07, 6.45) is 0. The summed E-state index contributed by atoms with van der Waals surface area (Å²) in [7, 11) is 0. The van der Waals surface area contributed by atoms with Gasteiger partial charge in [-0.05, 0) is 43.2 Å². The second-order valence-corrected chi connectivity index (χ2v) is 7.56. The summed E-state index contributed by atoms with van der Waals surface area (Å²) >= 11 is 0. The minimum absolute atomic E-state index is 0.238. The van der Waals surface area contributed by atoms with Crippen LogP contribution in [-0.2, 0) is 14.3 Å². The molecule has 1 atom stereocenters. The van der Waals surface area contributed by atoms with Gasteiger partial charge in [0, 0.05) is 11.3 Å². The molecular weight excluding hydrogens is 400 g/mol. The van der Waals surface area contributed by atoms with Gasteiger partial charge in [0.2, 0.25) is 0 Å². The number of aromatic amines is 2. The second-order valence-electron chi connectivity index (χ2n) is 7.56.